The maximum atomic E-state index is 11.6. The molecular formula is C11H12ClNO3S. The van der Waals surface area contributed by atoms with E-state index in [-0.39, 0.29) is 18.2 Å². The first-order chi connectivity index (χ1) is 8.00. The van der Waals surface area contributed by atoms with Crippen molar-refractivity contribution >= 4 is 35.2 Å². The highest BCUT2D eigenvalue weighted by Crippen LogP contribution is 2.26. The fourth-order valence-corrected chi connectivity index (χ4v) is 2.28. The van der Waals surface area contributed by atoms with Crippen molar-refractivity contribution in [2.45, 2.75) is 4.90 Å². The summed E-state index contributed by atoms with van der Waals surface area (Å²) in [5.74, 6) is -1.09. The minimum Gasteiger partial charge on any atom is -0.480 e. The summed E-state index contributed by atoms with van der Waals surface area (Å²) in [4.78, 5) is 24.0. The quantitative estimate of drug-likeness (QED) is 0.834. The number of carboxylic acids is 1. The molecule has 0 fully saturated rings. The summed E-state index contributed by atoms with van der Waals surface area (Å²) < 4.78 is 0. The van der Waals surface area contributed by atoms with E-state index in [9.17, 15) is 9.59 Å². The minimum absolute atomic E-state index is 0.174. The maximum absolute atomic E-state index is 11.6. The topological polar surface area (TPSA) is 57.6 Å². The number of aliphatic carboxylic acids is 1. The highest BCUT2D eigenvalue weighted by molar-refractivity contribution is 8.00. The zero-order valence-corrected chi connectivity index (χ0v) is 10.8. The molecule has 1 aromatic carbocycles. The van der Waals surface area contributed by atoms with Crippen molar-refractivity contribution < 1.29 is 14.7 Å². The van der Waals surface area contributed by atoms with Crippen molar-refractivity contribution in [3.05, 3.63) is 29.3 Å². The maximum Gasteiger partial charge on any atom is 0.323 e. The Balaban J connectivity index is 2.48. The van der Waals surface area contributed by atoms with Crippen molar-refractivity contribution in [2.24, 2.45) is 0 Å². The Morgan fingerprint density at radius 1 is 1.41 bits per heavy atom. The van der Waals surface area contributed by atoms with E-state index in [1.165, 1.54) is 23.7 Å². The van der Waals surface area contributed by atoms with E-state index < -0.39 is 5.97 Å². The van der Waals surface area contributed by atoms with Crippen molar-refractivity contribution in [3.8, 4) is 0 Å². The van der Waals surface area contributed by atoms with Gasteiger partial charge in [-0.2, -0.15) is 0 Å². The van der Waals surface area contributed by atoms with Gasteiger partial charge >= 0.3 is 5.97 Å². The molecule has 17 heavy (non-hydrogen) atoms. The highest BCUT2D eigenvalue weighted by atomic mass is 35.5. The molecule has 0 aliphatic rings. The van der Waals surface area contributed by atoms with Crippen LogP contribution in [0.5, 0.6) is 0 Å². The van der Waals surface area contributed by atoms with Crippen molar-refractivity contribution in [1.82, 2.24) is 4.90 Å². The summed E-state index contributed by atoms with van der Waals surface area (Å²) in [7, 11) is 1.46. The summed E-state index contributed by atoms with van der Waals surface area (Å²) in [5.41, 5.74) is 0. The molecule has 0 unspecified atom stereocenters. The van der Waals surface area contributed by atoms with Gasteiger partial charge in [0.15, 0.2) is 0 Å². The van der Waals surface area contributed by atoms with Crippen LogP contribution < -0.4 is 0 Å². The monoisotopic (exact) mass is 273 g/mol. The molecule has 0 aliphatic carbocycles. The summed E-state index contributed by atoms with van der Waals surface area (Å²) in [6, 6.07) is 7.21. The molecular weight excluding hydrogens is 262 g/mol. The third-order valence-electron chi connectivity index (χ3n) is 1.99. The van der Waals surface area contributed by atoms with Crippen LogP contribution in [0.25, 0.3) is 0 Å². The summed E-state index contributed by atoms with van der Waals surface area (Å²) in [6.45, 7) is -0.290. The average Bonchev–Trinajstić information content (AvgIpc) is 2.26. The van der Waals surface area contributed by atoms with Gasteiger partial charge < -0.3 is 10.0 Å². The summed E-state index contributed by atoms with van der Waals surface area (Å²) in [5, 5.41) is 9.13. The van der Waals surface area contributed by atoms with Gasteiger partial charge in [0.2, 0.25) is 5.91 Å². The Morgan fingerprint density at radius 3 is 2.65 bits per heavy atom. The molecule has 0 aliphatic heterocycles. The van der Waals surface area contributed by atoms with Crippen LogP contribution in [0.2, 0.25) is 5.02 Å². The molecule has 1 rings (SSSR count). The third kappa shape index (κ3) is 4.66. The predicted octanol–water partition coefficient (Wildman–Crippen LogP) is 1.98. The Morgan fingerprint density at radius 2 is 2.06 bits per heavy atom. The zero-order chi connectivity index (χ0) is 12.8. The fourth-order valence-electron chi connectivity index (χ4n) is 1.10. The average molecular weight is 274 g/mol. The molecule has 4 nitrogen and oxygen atoms in total. The lowest BCUT2D eigenvalue weighted by Gasteiger charge is -2.14. The van der Waals surface area contributed by atoms with E-state index in [1.807, 2.05) is 18.2 Å². The summed E-state index contributed by atoms with van der Waals surface area (Å²) in [6.07, 6.45) is 0. The fraction of sp³-hybridized carbons (Fsp3) is 0.273. The van der Waals surface area contributed by atoms with E-state index in [4.69, 9.17) is 16.7 Å². The van der Waals surface area contributed by atoms with E-state index in [0.29, 0.717) is 5.02 Å². The number of carboxylic acid groups (broad SMARTS) is 1. The number of likely N-dealkylation sites (N-methyl/N-ethyl adjacent to an activating group) is 1. The highest BCUT2D eigenvalue weighted by Gasteiger charge is 2.12. The largest absolute Gasteiger partial charge is 0.480 e. The molecule has 0 saturated heterocycles. The smallest absolute Gasteiger partial charge is 0.323 e. The number of hydrogen-bond acceptors (Lipinski definition) is 3. The zero-order valence-electron chi connectivity index (χ0n) is 9.22. The van der Waals surface area contributed by atoms with Gasteiger partial charge in [-0.1, -0.05) is 23.7 Å². The van der Waals surface area contributed by atoms with Gasteiger partial charge in [-0.15, -0.1) is 11.8 Å². The summed E-state index contributed by atoms with van der Waals surface area (Å²) >= 11 is 7.23. The first-order valence-corrected chi connectivity index (χ1v) is 6.20. The van der Waals surface area contributed by atoms with Crippen LogP contribution >= 0.6 is 23.4 Å². The van der Waals surface area contributed by atoms with Crippen LogP contribution in [0, 0.1) is 0 Å². The van der Waals surface area contributed by atoms with Gasteiger partial charge in [-0.3, -0.25) is 9.59 Å². The molecule has 0 bridgehead atoms. The van der Waals surface area contributed by atoms with Crippen LogP contribution in [0.1, 0.15) is 0 Å². The molecule has 0 atom stereocenters. The first-order valence-electron chi connectivity index (χ1n) is 4.84. The second-order valence-electron chi connectivity index (χ2n) is 3.36. The molecule has 1 N–H and O–H groups in total. The second-order valence-corrected chi connectivity index (χ2v) is 4.79. The van der Waals surface area contributed by atoms with E-state index >= 15 is 0 Å². The number of carbonyl (C=O) groups is 2. The SMILES string of the molecule is CN(CC(=O)O)C(=O)CSc1ccccc1Cl. The Kier molecular flexibility index (Phi) is 5.31. The second kappa shape index (κ2) is 6.51. The number of nitrogens with zero attached hydrogens (tertiary/aromatic N) is 1. The van der Waals surface area contributed by atoms with Gasteiger partial charge in [-0.25, -0.2) is 0 Å². The van der Waals surface area contributed by atoms with E-state index in [0.717, 1.165) is 4.90 Å². The van der Waals surface area contributed by atoms with E-state index in [2.05, 4.69) is 0 Å². The van der Waals surface area contributed by atoms with Crippen molar-refractivity contribution in [3.63, 3.8) is 0 Å². The van der Waals surface area contributed by atoms with Crippen molar-refractivity contribution in [1.29, 1.82) is 0 Å². The van der Waals surface area contributed by atoms with Gasteiger partial charge in [0.05, 0.1) is 10.8 Å². The molecule has 1 amide bonds. The van der Waals surface area contributed by atoms with Gasteiger partial charge in [0.1, 0.15) is 6.54 Å². The Labute approximate surface area is 109 Å². The van der Waals surface area contributed by atoms with Crippen LogP contribution in [0.3, 0.4) is 0 Å². The normalized spacial score (nSPS) is 10.0. The minimum atomic E-state index is -1.02. The molecule has 6 heteroatoms. The van der Waals surface area contributed by atoms with Crippen LogP contribution in [-0.2, 0) is 9.59 Å². The third-order valence-corrected chi connectivity index (χ3v) is 3.49. The number of hydrogen-bond donors (Lipinski definition) is 1. The number of thioether (sulfide) groups is 1. The lowest BCUT2D eigenvalue weighted by molar-refractivity contribution is -0.142. The van der Waals surface area contributed by atoms with Crippen molar-refractivity contribution in [2.75, 3.05) is 19.3 Å². The molecule has 0 aromatic heterocycles. The predicted molar refractivity (Wildman–Crippen MR) is 67.4 cm³/mol. The lowest BCUT2D eigenvalue weighted by atomic mass is 10.4. The lowest BCUT2D eigenvalue weighted by Crippen LogP contribution is -2.33. The Bertz CT molecular complexity index is 425. The van der Waals surface area contributed by atoms with Crippen LogP contribution in [0.4, 0.5) is 0 Å². The molecule has 0 saturated carbocycles. The molecule has 0 spiro atoms. The number of amides is 1. The Hall–Kier alpha value is -1.20. The number of benzene rings is 1. The molecule has 1 aromatic rings. The van der Waals surface area contributed by atoms with Crippen LogP contribution in [-0.4, -0.2) is 41.2 Å². The number of rotatable bonds is 5. The van der Waals surface area contributed by atoms with Gasteiger partial charge in [-0.05, 0) is 12.1 Å². The molecule has 92 valence electrons. The standard InChI is InChI=1S/C11H12ClNO3S/c1-13(6-11(15)16)10(14)7-17-9-5-3-2-4-8(9)12/h2-5H,6-7H2,1H3,(H,15,16). The van der Waals surface area contributed by atoms with Gasteiger partial charge in [0.25, 0.3) is 0 Å². The van der Waals surface area contributed by atoms with E-state index in [1.54, 1.807) is 6.07 Å². The number of halogens is 1. The molecule has 0 heterocycles. The number of carbonyl (C=O) groups excluding carboxylic acids is 1. The molecule has 0 radical (unpaired) electrons. The van der Waals surface area contributed by atoms with Gasteiger partial charge in [0, 0.05) is 11.9 Å². The first kappa shape index (κ1) is 13.9. The van der Waals surface area contributed by atoms with Crippen LogP contribution in [0.15, 0.2) is 29.2 Å².